The smallest absolute Gasteiger partial charge is 0.270 e. The van der Waals surface area contributed by atoms with Gasteiger partial charge in [-0.25, -0.2) is 0 Å². The van der Waals surface area contributed by atoms with E-state index in [1.165, 1.54) is 18.2 Å². The normalized spacial score (nSPS) is 18.3. The molecule has 2 rings (SSSR count). The maximum atomic E-state index is 12.1. The number of benzene rings is 1. The molecule has 1 unspecified atom stereocenters. The van der Waals surface area contributed by atoms with Gasteiger partial charge in [-0.3, -0.25) is 14.9 Å². The summed E-state index contributed by atoms with van der Waals surface area (Å²) in [5.41, 5.74) is 0.684. The first-order valence-electron chi connectivity index (χ1n) is 6.96. The molecule has 21 heavy (non-hydrogen) atoms. The van der Waals surface area contributed by atoms with Gasteiger partial charge < -0.3 is 10.2 Å². The zero-order chi connectivity index (χ0) is 15.2. The Kier molecular flexibility index (Phi) is 5.05. The molecular weight excluding hydrogens is 270 g/mol. The van der Waals surface area contributed by atoms with Gasteiger partial charge in [0.2, 0.25) is 5.91 Å². The highest BCUT2D eigenvalue weighted by atomic mass is 16.6. The van der Waals surface area contributed by atoms with Crippen LogP contribution in [0.1, 0.15) is 12.0 Å². The number of rotatable bonds is 5. The first kappa shape index (κ1) is 15.2. The lowest BCUT2D eigenvalue weighted by atomic mass is 10.1. The van der Waals surface area contributed by atoms with Crippen LogP contribution in [-0.4, -0.2) is 42.4 Å². The lowest BCUT2D eigenvalue weighted by Gasteiger charge is -2.14. The van der Waals surface area contributed by atoms with Gasteiger partial charge in [-0.1, -0.05) is 12.1 Å². The van der Waals surface area contributed by atoms with Crippen molar-refractivity contribution >= 4 is 17.7 Å². The molecule has 1 aliphatic rings. The number of carbonyl (C=O) groups is 1. The number of nitro groups is 1. The van der Waals surface area contributed by atoms with Crippen LogP contribution < -0.4 is 5.32 Å². The molecule has 0 aromatic heterocycles. The molecule has 1 atom stereocenters. The Morgan fingerprint density at radius 3 is 3.10 bits per heavy atom. The number of nitro benzene ring substituents is 1. The van der Waals surface area contributed by atoms with Gasteiger partial charge in [0.25, 0.3) is 5.69 Å². The summed E-state index contributed by atoms with van der Waals surface area (Å²) in [4.78, 5) is 24.1. The fraction of sp³-hybridized carbons (Fsp3) is 0.400. The van der Waals surface area contributed by atoms with Crippen molar-refractivity contribution in [2.45, 2.75) is 6.42 Å². The van der Waals surface area contributed by atoms with Gasteiger partial charge in [0.1, 0.15) is 0 Å². The van der Waals surface area contributed by atoms with Gasteiger partial charge in [0.15, 0.2) is 0 Å². The lowest BCUT2D eigenvalue weighted by Crippen LogP contribution is -2.28. The number of likely N-dealkylation sites (tertiary alicyclic amines) is 1. The van der Waals surface area contributed by atoms with Crippen LogP contribution in [0.4, 0.5) is 5.69 Å². The van der Waals surface area contributed by atoms with Gasteiger partial charge in [-0.2, -0.15) is 0 Å². The van der Waals surface area contributed by atoms with Crippen LogP contribution in [0, 0.1) is 16.0 Å². The van der Waals surface area contributed by atoms with Crippen molar-refractivity contribution in [2.24, 2.45) is 5.92 Å². The third-order valence-corrected chi connectivity index (χ3v) is 3.59. The van der Waals surface area contributed by atoms with Crippen molar-refractivity contribution < 1.29 is 9.72 Å². The highest BCUT2D eigenvalue weighted by molar-refractivity contribution is 5.92. The van der Waals surface area contributed by atoms with Gasteiger partial charge in [0, 0.05) is 31.3 Å². The third kappa shape index (κ3) is 4.13. The number of amides is 1. The average molecular weight is 289 g/mol. The van der Waals surface area contributed by atoms with Crippen LogP contribution in [0.2, 0.25) is 0 Å². The predicted molar refractivity (Wildman–Crippen MR) is 80.7 cm³/mol. The number of non-ortho nitro benzene ring substituents is 1. The molecule has 0 radical (unpaired) electrons. The topological polar surface area (TPSA) is 75.5 Å². The Morgan fingerprint density at radius 2 is 2.38 bits per heavy atom. The van der Waals surface area contributed by atoms with Crippen molar-refractivity contribution in [1.82, 2.24) is 10.2 Å². The predicted octanol–water partition coefficient (Wildman–Crippen LogP) is 1.68. The molecule has 1 aromatic rings. The molecule has 0 spiro atoms. The quantitative estimate of drug-likeness (QED) is 0.508. The van der Waals surface area contributed by atoms with Gasteiger partial charge in [-0.15, -0.1) is 0 Å². The average Bonchev–Trinajstić information content (AvgIpc) is 2.94. The van der Waals surface area contributed by atoms with Gasteiger partial charge >= 0.3 is 0 Å². The maximum Gasteiger partial charge on any atom is 0.270 e. The van der Waals surface area contributed by atoms with Crippen molar-refractivity contribution in [1.29, 1.82) is 0 Å². The molecule has 1 aromatic carbocycles. The number of carbonyl (C=O) groups excluding carboxylic acids is 1. The summed E-state index contributed by atoms with van der Waals surface area (Å²) in [6.45, 7) is 2.45. The van der Waals surface area contributed by atoms with Gasteiger partial charge in [0.05, 0.1) is 4.92 Å². The summed E-state index contributed by atoms with van der Waals surface area (Å²) in [6, 6.07) is 6.24. The minimum Gasteiger partial charge on any atom is -0.339 e. The van der Waals surface area contributed by atoms with Gasteiger partial charge in [-0.05, 0) is 37.6 Å². The molecule has 0 bridgehead atoms. The van der Waals surface area contributed by atoms with E-state index in [2.05, 4.69) is 5.32 Å². The Bertz CT molecular complexity index is 557. The second-order valence-electron chi connectivity index (χ2n) is 5.18. The fourth-order valence-electron chi connectivity index (χ4n) is 2.50. The third-order valence-electron chi connectivity index (χ3n) is 3.59. The van der Waals surface area contributed by atoms with E-state index in [1.54, 1.807) is 18.2 Å². The Balaban J connectivity index is 1.96. The van der Waals surface area contributed by atoms with Crippen LogP contribution in [0.3, 0.4) is 0 Å². The summed E-state index contributed by atoms with van der Waals surface area (Å²) in [5.74, 6) is 0.463. The number of hydrogen-bond donors (Lipinski definition) is 1. The van der Waals surface area contributed by atoms with E-state index in [0.29, 0.717) is 11.5 Å². The van der Waals surface area contributed by atoms with Crippen molar-refractivity contribution in [3.8, 4) is 0 Å². The van der Waals surface area contributed by atoms with E-state index in [1.807, 2.05) is 11.9 Å². The summed E-state index contributed by atoms with van der Waals surface area (Å²) < 4.78 is 0. The molecule has 6 nitrogen and oxygen atoms in total. The Labute approximate surface area is 123 Å². The van der Waals surface area contributed by atoms with Crippen LogP contribution in [-0.2, 0) is 4.79 Å². The molecule has 0 saturated carbocycles. The van der Waals surface area contributed by atoms with E-state index in [4.69, 9.17) is 0 Å². The minimum atomic E-state index is -0.442. The van der Waals surface area contributed by atoms with Crippen molar-refractivity contribution in [3.05, 3.63) is 46.0 Å². The number of nitrogens with one attached hydrogen (secondary N) is 1. The first-order valence-corrected chi connectivity index (χ1v) is 6.96. The largest absolute Gasteiger partial charge is 0.339 e. The molecule has 112 valence electrons. The summed E-state index contributed by atoms with van der Waals surface area (Å²) >= 11 is 0. The second-order valence-corrected chi connectivity index (χ2v) is 5.18. The Morgan fingerprint density at radius 1 is 1.57 bits per heavy atom. The highest BCUT2D eigenvalue weighted by Crippen LogP contribution is 2.17. The molecule has 1 amide bonds. The standard InChI is InChI=1S/C15H19N3O3/c1-16-10-13-7-8-17(11-13)15(19)6-5-12-3-2-4-14(9-12)18(20)21/h2-6,9,13,16H,7-8,10-11H2,1H3. The fourth-order valence-corrected chi connectivity index (χ4v) is 2.50. The minimum absolute atomic E-state index is 0.0276. The van der Waals surface area contributed by atoms with Crippen LogP contribution in [0.15, 0.2) is 30.3 Å². The zero-order valence-corrected chi connectivity index (χ0v) is 12.0. The van der Waals surface area contributed by atoms with E-state index >= 15 is 0 Å². The molecule has 1 N–H and O–H groups in total. The molecule has 6 heteroatoms. The molecule has 1 fully saturated rings. The highest BCUT2D eigenvalue weighted by Gasteiger charge is 2.24. The van der Waals surface area contributed by atoms with Crippen LogP contribution in [0.5, 0.6) is 0 Å². The number of hydrogen-bond acceptors (Lipinski definition) is 4. The van der Waals surface area contributed by atoms with E-state index < -0.39 is 4.92 Å². The van der Waals surface area contributed by atoms with Crippen LogP contribution in [0.25, 0.3) is 6.08 Å². The molecule has 1 aliphatic heterocycles. The summed E-state index contributed by atoms with van der Waals surface area (Å²) in [6.07, 6.45) is 4.12. The monoisotopic (exact) mass is 289 g/mol. The summed E-state index contributed by atoms with van der Waals surface area (Å²) in [7, 11) is 1.91. The first-order chi connectivity index (χ1) is 10.1. The summed E-state index contributed by atoms with van der Waals surface area (Å²) in [5, 5.41) is 13.8. The molecular formula is C15H19N3O3. The second kappa shape index (κ2) is 6.99. The maximum absolute atomic E-state index is 12.1. The van der Waals surface area contributed by atoms with E-state index in [0.717, 1.165) is 26.1 Å². The SMILES string of the molecule is CNCC1CCN(C(=O)C=Cc2cccc([N+](=O)[O-])c2)C1. The molecule has 0 aliphatic carbocycles. The Hall–Kier alpha value is -2.21. The number of nitrogens with zero attached hydrogens (tertiary/aromatic N) is 2. The molecule has 1 saturated heterocycles. The van der Waals surface area contributed by atoms with Crippen molar-refractivity contribution in [2.75, 3.05) is 26.7 Å². The van der Waals surface area contributed by atoms with E-state index in [9.17, 15) is 14.9 Å². The van der Waals surface area contributed by atoms with Crippen molar-refractivity contribution in [3.63, 3.8) is 0 Å². The van der Waals surface area contributed by atoms with E-state index in [-0.39, 0.29) is 11.6 Å². The molecule has 1 heterocycles. The zero-order valence-electron chi connectivity index (χ0n) is 12.0. The lowest BCUT2D eigenvalue weighted by molar-refractivity contribution is -0.384. The van der Waals surface area contributed by atoms with Crippen LogP contribution >= 0.6 is 0 Å².